The Balaban J connectivity index is 5.24. The highest BCUT2D eigenvalue weighted by atomic mass is 31.2. The second-order valence-corrected chi connectivity index (χ2v) is 32.2. The third-order valence-corrected chi connectivity index (χ3v) is 20.4. The van der Waals surface area contributed by atoms with E-state index in [0.29, 0.717) is 25.7 Å². The zero-order valence-electron chi connectivity index (χ0n) is 63.5. The molecule has 576 valence electrons. The maximum atomic E-state index is 13.1. The zero-order valence-corrected chi connectivity index (χ0v) is 65.3. The van der Waals surface area contributed by atoms with Crippen molar-refractivity contribution in [1.82, 2.24) is 0 Å². The van der Waals surface area contributed by atoms with Crippen molar-refractivity contribution < 1.29 is 80.2 Å². The third kappa shape index (κ3) is 70.9. The Morgan fingerprint density at radius 1 is 0.299 bits per heavy atom. The Bertz CT molecular complexity index is 1890. The monoisotopic (exact) mass is 1420 g/mol. The topological polar surface area (TPSA) is 237 Å². The number of rotatable bonds is 76. The number of unbranched alkanes of at least 4 members (excludes halogenated alkanes) is 43. The molecule has 0 aromatic heterocycles. The van der Waals surface area contributed by atoms with Gasteiger partial charge in [0.25, 0.3) is 0 Å². The van der Waals surface area contributed by atoms with Gasteiger partial charge in [0.15, 0.2) is 12.2 Å². The number of hydrogen-bond acceptors (Lipinski definition) is 15. The van der Waals surface area contributed by atoms with Crippen LogP contribution < -0.4 is 0 Å². The van der Waals surface area contributed by atoms with Crippen molar-refractivity contribution in [3.05, 3.63) is 0 Å². The third-order valence-electron chi connectivity index (χ3n) is 18.5. The molecule has 97 heavy (non-hydrogen) atoms. The van der Waals surface area contributed by atoms with Crippen molar-refractivity contribution in [2.75, 3.05) is 39.6 Å². The molecule has 0 aliphatic carbocycles. The van der Waals surface area contributed by atoms with E-state index in [1.807, 2.05) is 0 Å². The number of aliphatic hydroxyl groups excluding tert-OH is 1. The summed E-state index contributed by atoms with van der Waals surface area (Å²) in [5.74, 6) is 0.196. The molecule has 0 fully saturated rings. The standard InChI is InChI=1S/C78H152O17P2/c1-8-10-11-12-13-14-15-16-22-27-33-38-47-54-61-78(83)95-74(66-89-76(81)60-53-46-41-40-44-51-58-71(7)9-2)68-93-97(86,87)91-64-72(79)63-90-96(84,85)92-67-73(65-88-75(80)59-52-45-37-32-29-24-26-31-36-43-50-57-70(5)6)94-77(82)62-55-48-39-34-28-23-20-18-17-19-21-25-30-35-42-49-56-69(3)4/h69-74,79H,8-68H2,1-7H3,(H,84,85)(H,86,87)/t71?,72-,73-,74-/m1/s1. The van der Waals surface area contributed by atoms with E-state index in [1.165, 1.54) is 205 Å². The van der Waals surface area contributed by atoms with E-state index >= 15 is 0 Å². The minimum absolute atomic E-state index is 0.107. The number of hydrogen-bond donors (Lipinski definition) is 3. The summed E-state index contributed by atoms with van der Waals surface area (Å²) in [4.78, 5) is 72.9. The first kappa shape index (κ1) is 95.1. The van der Waals surface area contributed by atoms with Crippen LogP contribution in [0.3, 0.4) is 0 Å². The largest absolute Gasteiger partial charge is 0.472 e. The van der Waals surface area contributed by atoms with Gasteiger partial charge in [-0.3, -0.25) is 37.3 Å². The van der Waals surface area contributed by atoms with E-state index in [4.69, 9.17) is 37.0 Å². The van der Waals surface area contributed by atoms with Crippen molar-refractivity contribution in [1.29, 1.82) is 0 Å². The number of ether oxygens (including phenoxy) is 4. The van der Waals surface area contributed by atoms with Gasteiger partial charge in [-0.15, -0.1) is 0 Å². The number of esters is 4. The highest BCUT2D eigenvalue weighted by molar-refractivity contribution is 7.47. The fourth-order valence-electron chi connectivity index (χ4n) is 11.9. The van der Waals surface area contributed by atoms with Crippen LogP contribution in [0, 0.1) is 17.8 Å². The molecule has 0 spiro atoms. The molecule has 17 nitrogen and oxygen atoms in total. The van der Waals surface area contributed by atoms with E-state index < -0.39 is 97.5 Å². The van der Waals surface area contributed by atoms with E-state index in [9.17, 15) is 43.2 Å². The van der Waals surface area contributed by atoms with Gasteiger partial charge < -0.3 is 33.8 Å². The number of carbonyl (C=O) groups is 4. The lowest BCUT2D eigenvalue weighted by Crippen LogP contribution is -2.30. The lowest BCUT2D eigenvalue weighted by atomic mass is 10.00. The fraction of sp³-hybridized carbons (Fsp3) is 0.949. The van der Waals surface area contributed by atoms with Crippen LogP contribution in [-0.2, 0) is 65.4 Å². The molecule has 0 aromatic rings. The average molecular weight is 1420 g/mol. The molecule has 19 heteroatoms. The molecule has 0 bridgehead atoms. The normalized spacial score (nSPS) is 14.3. The Labute approximate surface area is 594 Å². The van der Waals surface area contributed by atoms with Crippen molar-refractivity contribution in [3.8, 4) is 0 Å². The molecular weight excluding hydrogens is 1270 g/mol. The van der Waals surface area contributed by atoms with Crippen LogP contribution in [0.2, 0.25) is 0 Å². The van der Waals surface area contributed by atoms with Crippen LogP contribution >= 0.6 is 15.6 Å². The van der Waals surface area contributed by atoms with Gasteiger partial charge in [-0.25, -0.2) is 9.13 Å². The van der Waals surface area contributed by atoms with Gasteiger partial charge >= 0.3 is 39.5 Å². The highest BCUT2D eigenvalue weighted by Crippen LogP contribution is 2.45. The molecule has 0 heterocycles. The predicted molar refractivity (Wildman–Crippen MR) is 395 cm³/mol. The molecule has 0 rings (SSSR count). The van der Waals surface area contributed by atoms with Gasteiger partial charge in [0.2, 0.25) is 0 Å². The van der Waals surface area contributed by atoms with Crippen molar-refractivity contribution in [2.45, 2.75) is 420 Å². The van der Waals surface area contributed by atoms with Gasteiger partial charge in [-0.05, 0) is 43.4 Å². The number of carbonyl (C=O) groups excluding carboxylic acids is 4. The number of phosphoric acid groups is 2. The number of aliphatic hydroxyl groups is 1. The fourth-order valence-corrected chi connectivity index (χ4v) is 13.5. The van der Waals surface area contributed by atoms with Crippen molar-refractivity contribution >= 4 is 39.5 Å². The lowest BCUT2D eigenvalue weighted by molar-refractivity contribution is -0.161. The molecule has 0 aliphatic heterocycles. The Hall–Kier alpha value is -1.94. The maximum absolute atomic E-state index is 13.1. The summed E-state index contributed by atoms with van der Waals surface area (Å²) in [6.45, 7) is 11.9. The minimum Gasteiger partial charge on any atom is -0.462 e. The van der Waals surface area contributed by atoms with Crippen LogP contribution in [-0.4, -0.2) is 96.7 Å². The molecule has 3 unspecified atom stereocenters. The first-order valence-corrected chi connectivity index (χ1v) is 43.4. The smallest absolute Gasteiger partial charge is 0.462 e. The van der Waals surface area contributed by atoms with E-state index in [0.717, 1.165) is 114 Å². The molecule has 0 saturated heterocycles. The molecule has 0 aliphatic rings. The number of phosphoric ester groups is 2. The quantitative estimate of drug-likeness (QED) is 0.0222. The summed E-state index contributed by atoms with van der Waals surface area (Å²) < 4.78 is 68.6. The highest BCUT2D eigenvalue weighted by Gasteiger charge is 2.30. The van der Waals surface area contributed by atoms with Crippen LogP contribution in [0.25, 0.3) is 0 Å². The first-order chi connectivity index (χ1) is 46.8. The predicted octanol–water partition coefficient (Wildman–Crippen LogP) is 23.0. The van der Waals surface area contributed by atoms with Gasteiger partial charge in [0.1, 0.15) is 19.3 Å². The summed E-state index contributed by atoms with van der Waals surface area (Å²) in [5, 5.41) is 10.6. The molecule has 3 N–H and O–H groups in total. The van der Waals surface area contributed by atoms with Crippen LogP contribution in [0.5, 0.6) is 0 Å². The SMILES string of the molecule is CCCCCCCCCCCCCCCCC(=O)O[C@H](COC(=O)CCCCCCCCC(C)CC)COP(=O)(O)OC[C@H](O)COP(=O)(O)OC[C@@H](COC(=O)CCCCCCCCCCCCCC(C)C)OC(=O)CCCCCCCCCCCCCCCCCCC(C)C. The van der Waals surface area contributed by atoms with E-state index in [1.54, 1.807) is 0 Å². The van der Waals surface area contributed by atoms with E-state index in [2.05, 4.69) is 48.5 Å². The summed E-state index contributed by atoms with van der Waals surface area (Å²) in [6, 6.07) is 0. The molecule has 0 saturated carbocycles. The molecule has 0 radical (unpaired) electrons. The van der Waals surface area contributed by atoms with Gasteiger partial charge in [0, 0.05) is 25.7 Å². The maximum Gasteiger partial charge on any atom is 0.472 e. The molecule has 6 atom stereocenters. The summed E-state index contributed by atoms with van der Waals surface area (Å²) >= 11 is 0. The van der Waals surface area contributed by atoms with Crippen LogP contribution in [0.4, 0.5) is 0 Å². The molecule has 0 aromatic carbocycles. The lowest BCUT2D eigenvalue weighted by Gasteiger charge is -2.21. The summed E-state index contributed by atoms with van der Waals surface area (Å²) in [5.41, 5.74) is 0. The first-order valence-electron chi connectivity index (χ1n) is 40.4. The van der Waals surface area contributed by atoms with Crippen molar-refractivity contribution in [3.63, 3.8) is 0 Å². The molecule has 0 amide bonds. The Kier molecular flexibility index (Phi) is 67.1. The van der Waals surface area contributed by atoms with Gasteiger partial charge in [0.05, 0.1) is 26.4 Å². The van der Waals surface area contributed by atoms with Crippen molar-refractivity contribution in [2.24, 2.45) is 17.8 Å². The second kappa shape index (κ2) is 68.5. The van der Waals surface area contributed by atoms with Gasteiger partial charge in [-0.1, -0.05) is 350 Å². The second-order valence-electron chi connectivity index (χ2n) is 29.3. The zero-order chi connectivity index (χ0) is 71.6. The Morgan fingerprint density at radius 2 is 0.526 bits per heavy atom. The summed E-state index contributed by atoms with van der Waals surface area (Å²) in [7, 11) is -9.92. The van der Waals surface area contributed by atoms with Crippen LogP contribution in [0.15, 0.2) is 0 Å². The summed E-state index contributed by atoms with van der Waals surface area (Å²) in [6.07, 6.45) is 55.5. The minimum atomic E-state index is -4.96. The average Bonchev–Trinajstić information content (AvgIpc) is 1.05. The van der Waals surface area contributed by atoms with E-state index in [-0.39, 0.29) is 25.7 Å². The molecular formula is C78H152O17P2. The van der Waals surface area contributed by atoms with Gasteiger partial charge in [-0.2, -0.15) is 0 Å². The van der Waals surface area contributed by atoms with Crippen LogP contribution in [0.1, 0.15) is 402 Å². The Morgan fingerprint density at radius 3 is 0.784 bits per heavy atom.